The highest BCUT2D eigenvalue weighted by atomic mass is 16.8. The lowest BCUT2D eigenvalue weighted by atomic mass is 9.89. The molecule has 39 heteroatoms. The number of ether oxygens (including phenoxy) is 13. The Bertz CT molecular complexity index is 2260. The highest BCUT2D eigenvalue weighted by molar-refractivity contribution is 5.76. The summed E-state index contributed by atoms with van der Waals surface area (Å²) in [7, 11) is 0. The summed E-state index contributed by atoms with van der Waals surface area (Å²) in [6.45, 7) is -0.859. The average molecular weight is 1290 g/mol. The monoisotopic (exact) mass is 1290 g/mol. The number of hydrogen-bond acceptors (Lipinski definition) is 36. The van der Waals surface area contributed by atoms with Crippen molar-refractivity contribution in [2.45, 2.75) is 255 Å². The van der Waals surface area contributed by atoms with Crippen LogP contribution < -0.4 is 10.6 Å². The van der Waals surface area contributed by atoms with Crippen LogP contribution in [0.25, 0.3) is 0 Å². The number of carbonyl (C=O) groups excluding carboxylic acids is 2. The van der Waals surface area contributed by atoms with E-state index >= 15 is 0 Å². The third kappa shape index (κ3) is 15.3. The van der Waals surface area contributed by atoms with Gasteiger partial charge in [0.15, 0.2) is 37.7 Å². The number of carboxylic acid groups (broad SMARTS) is 1. The second kappa shape index (κ2) is 30.4. The van der Waals surface area contributed by atoms with E-state index in [0.29, 0.717) is 0 Å². The van der Waals surface area contributed by atoms with Gasteiger partial charge in [-0.2, -0.15) is 0 Å². The topological polar surface area (TPSA) is 620 Å². The Morgan fingerprint density at radius 3 is 1.52 bits per heavy atom. The molecule has 7 aliphatic rings. The van der Waals surface area contributed by atoms with Crippen molar-refractivity contribution in [1.29, 1.82) is 0 Å². The molecule has 0 aliphatic carbocycles. The first kappa shape index (κ1) is 72.5. The first-order valence-corrected chi connectivity index (χ1v) is 28.0. The summed E-state index contributed by atoms with van der Waals surface area (Å²) in [5.41, 5.74) is 0. The predicted molar refractivity (Wildman–Crippen MR) is 269 cm³/mol. The molecule has 2 amide bonds. The van der Waals surface area contributed by atoms with E-state index in [1.54, 1.807) is 0 Å². The molecular formula is C49H82N2O37. The Balaban J connectivity index is 1.12. The first-order chi connectivity index (χ1) is 41.3. The van der Waals surface area contributed by atoms with Gasteiger partial charge in [-0.15, -0.1) is 0 Å². The number of rotatable bonds is 22. The number of aliphatic hydroxyl groups excluding tert-OH is 20. The second-order valence-electron chi connectivity index (χ2n) is 22.5. The average Bonchev–Trinajstić information content (AvgIpc) is 1.82. The zero-order valence-corrected chi connectivity index (χ0v) is 47.4. The molecule has 0 aromatic heterocycles. The van der Waals surface area contributed by atoms with Crippen LogP contribution in [0.3, 0.4) is 0 Å². The Morgan fingerprint density at radius 1 is 0.489 bits per heavy atom. The molecule has 88 heavy (non-hydrogen) atoms. The van der Waals surface area contributed by atoms with Gasteiger partial charge in [-0.05, 0) is 13.8 Å². The molecule has 0 aromatic rings. The predicted octanol–water partition coefficient (Wildman–Crippen LogP) is -14.7. The zero-order chi connectivity index (χ0) is 65.3. The third-order valence-electron chi connectivity index (χ3n) is 16.2. The van der Waals surface area contributed by atoms with Crippen LogP contribution in [-0.4, -0.2) is 378 Å². The molecule has 7 fully saturated rings. The van der Waals surface area contributed by atoms with Crippen molar-refractivity contribution in [3.05, 3.63) is 0 Å². The Morgan fingerprint density at radius 2 is 0.977 bits per heavy atom. The van der Waals surface area contributed by atoms with Gasteiger partial charge < -0.3 is 179 Å². The maximum absolute atomic E-state index is 13.4. The highest BCUT2D eigenvalue weighted by Gasteiger charge is 2.62. The highest BCUT2D eigenvalue weighted by Crippen LogP contribution is 2.41. The lowest BCUT2D eigenvalue weighted by Gasteiger charge is -2.51. The summed E-state index contributed by atoms with van der Waals surface area (Å²) in [6, 6.07) is -3.61. The number of carbonyl (C=O) groups is 3. The number of carboxylic acids is 1. The fourth-order valence-electron chi connectivity index (χ4n) is 11.2. The number of hydrogen-bond donors (Lipinski definition) is 23. The van der Waals surface area contributed by atoms with Crippen LogP contribution in [0, 0.1) is 0 Å². The molecule has 510 valence electrons. The quantitative estimate of drug-likeness (QED) is 0.0479. The van der Waals surface area contributed by atoms with Gasteiger partial charge in [0.25, 0.3) is 5.79 Å². The van der Waals surface area contributed by atoms with Gasteiger partial charge in [0.05, 0.1) is 51.3 Å². The van der Waals surface area contributed by atoms with Crippen LogP contribution in [0.15, 0.2) is 0 Å². The first-order valence-electron chi connectivity index (χ1n) is 28.0. The SMILES string of the molecule is CC(=O)N[C@H]1[C@H](OC[C@H]2OC(O)[C@H](NC(C)=O)[C@@H](O[C@@H]3O[C@H](CO)[C@H](O)[C@H](O[C@]4(C(=O)O)C[C@H](O[C@@H]5O[C@@H](C)[C@@H](O)[C@@H](O)[C@@H]5O)[C@@H](O)[C@H]([C@H](O)[C@H](O)CO)O4)[C@H]3O)[C@H]2O)O[C@H](CO)[C@@H](O[C@@H]2O[C@H](CO)[C@H](O)[C@H](O)[C@H]2O[C@@H]2O[C@@H](C)[C@@H](O)[C@@H](O)[C@@H]2O)[C@@H]1O. The van der Waals surface area contributed by atoms with Crippen LogP contribution in [0.2, 0.25) is 0 Å². The Hall–Kier alpha value is -2.91. The van der Waals surface area contributed by atoms with E-state index in [-0.39, 0.29) is 0 Å². The molecule has 0 spiro atoms. The van der Waals surface area contributed by atoms with Crippen LogP contribution in [-0.2, 0) is 76.0 Å². The summed E-state index contributed by atoms with van der Waals surface area (Å²) in [4.78, 5) is 38.7. The summed E-state index contributed by atoms with van der Waals surface area (Å²) in [5, 5.41) is 233. The molecule has 39 nitrogen and oxygen atoms in total. The van der Waals surface area contributed by atoms with E-state index in [9.17, 15) is 122 Å². The molecule has 7 rings (SSSR count). The molecule has 1 unspecified atom stereocenters. The van der Waals surface area contributed by atoms with Gasteiger partial charge in [0.1, 0.15) is 159 Å². The van der Waals surface area contributed by atoms with Crippen molar-refractivity contribution in [2.24, 2.45) is 0 Å². The van der Waals surface area contributed by atoms with E-state index in [2.05, 4.69) is 10.6 Å². The minimum Gasteiger partial charge on any atom is -0.477 e. The van der Waals surface area contributed by atoms with Gasteiger partial charge in [-0.3, -0.25) is 9.59 Å². The van der Waals surface area contributed by atoms with Crippen LogP contribution in [0.5, 0.6) is 0 Å². The van der Waals surface area contributed by atoms with Crippen LogP contribution in [0.4, 0.5) is 0 Å². The zero-order valence-electron chi connectivity index (χ0n) is 47.4. The number of aliphatic hydroxyl groups is 20. The number of aliphatic carboxylic acids is 1. The van der Waals surface area contributed by atoms with Gasteiger partial charge in [-0.25, -0.2) is 4.79 Å². The molecular weight excluding hydrogens is 1210 g/mol. The van der Waals surface area contributed by atoms with Crippen molar-refractivity contribution in [2.75, 3.05) is 33.0 Å². The molecule has 7 saturated heterocycles. The van der Waals surface area contributed by atoms with E-state index in [1.165, 1.54) is 13.8 Å². The standard InChI is InChI=1S/C49H82N2O37/c1-11-23(59)31(67)34(70)44(77-11)80-16-5-49(48(74)75,87-39(27(16)63)25(61)15(58)6-52)88-40-28(64)18(8-54)81-46(36(40)72)85-38-22(51-14(4)57)42(73)79-20(29(38)65)10-76-43-21(50-13(3)56)30(66)37(19(9-55)83-43)84-47-41(33(69)26(62)17(7-53)82-47)86-45-35(71)32(68)24(60)12(2)78-45/h11-12,15-47,52-55,58-73H,5-10H2,1-4H3,(H,50,56)(H,51,57)(H,74,75)/t11-,12-,15+,16-,17+,18+,19+,20+,21+,22+,23+,24+,25+,26-,27+,28-,29-,30+,31+,32+,33-,34-,35-,36+,37+,38+,39-,40-,41+,42?,43+,44-,45-,46-,47-,49-/m0/s1. The number of amides is 2. The minimum absolute atomic E-state index is 0.857. The van der Waals surface area contributed by atoms with Crippen molar-refractivity contribution in [3.8, 4) is 0 Å². The fraction of sp³-hybridized carbons (Fsp3) is 0.939. The second-order valence-corrected chi connectivity index (χ2v) is 22.5. The normalized spacial score (nSPS) is 49.3. The lowest BCUT2D eigenvalue weighted by molar-refractivity contribution is -0.395. The summed E-state index contributed by atoms with van der Waals surface area (Å²) >= 11 is 0. The van der Waals surface area contributed by atoms with Crippen LogP contribution >= 0.6 is 0 Å². The molecule has 0 bridgehead atoms. The smallest absolute Gasteiger partial charge is 0.364 e. The summed E-state index contributed by atoms with van der Waals surface area (Å²) in [5.74, 6) is -7.28. The van der Waals surface area contributed by atoms with Gasteiger partial charge in [-0.1, -0.05) is 0 Å². The van der Waals surface area contributed by atoms with Gasteiger partial charge in [0, 0.05) is 20.3 Å². The summed E-state index contributed by atoms with van der Waals surface area (Å²) in [6.07, 6.45) is -66.7. The maximum Gasteiger partial charge on any atom is 0.364 e. The summed E-state index contributed by atoms with van der Waals surface area (Å²) < 4.78 is 74.5. The molecule has 0 radical (unpaired) electrons. The molecule has 36 atom stereocenters. The van der Waals surface area contributed by atoms with Crippen molar-refractivity contribution in [1.82, 2.24) is 10.6 Å². The molecule has 0 saturated carbocycles. The fourth-order valence-corrected chi connectivity index (χ4v) is 11.2. The molecule has 7 heterocycles. The minimum atomic E-state index is -3.36. The van der Waals surface area contributed by atoms with E-state index in [0.717, 1.165) is 13.8 Å². The van der Waals surface area contributed by atoms with Crippen LogP contribution in [0.1, 0.15) is 34.1 Å². The largest absolute Gasteiger partial charge is 0.477 e. The molecule has 23 N–H and O–H groups in total. The third-order valence-corrected chi connectivity index (χ3v) is 16.2. The van der Waals surface area contributed by atoms with E-state index in [4.69, 9.17) is 61.6 Å². The van der Waals surface area contributed by atoms with E-state index < -0.39 is 278 Å². The Labute approximate surface area is 498 Å². The van der Waals surface area contributed by atoms with E-state index in [1.807, 2.05) is 0 Å². The van der Waals surface area contributed by atoms with Gasteiger partial charge >= 0.3 is 5.97 Å². The van der Waals surface area contributed by atoms with Gasteiger partial charge in [0.2, 0.25) is 11.8 Å². The van der Waals surface area contributed by atoms with Crippen molar-refractivity contribution >= 4 is 17.8 Å². The molecule has 7 aliphatic heterocycles. The lowest BCUT2D eigenvalue weighted by Crippen LogP contribution is -2.70. The van der Waals surface area contributed by atoms with Crippen molar-refractivity contribution < 1.29 is 183 Å². The Kier molecular flexibility index (Phi) is 25.1. The number of nitrogens with one attached hydrogen (secondary N) is 2. The van der Waals surface area contributed by atoms with Crippen molar-refractivity contribution in [3.63, 3.8) is 0 Å². The maximum atomic E-state index is 13.4. The molecule has 0 aromatic carbocycles.